The van der Waals surface area contributed by atoms with E-state index in [-0.39, 0.29) is 0 Å². The minimum atomic E-state index is 0.557. The molecule has 3 aromatic heterocycles. The van der Waals surface area contributed by atoms with Crippen molar-refractivity contribution >= 4 is 11.3 Å². The molecule has 3 rings (SSSR count). The van der Waals surface area contributed by atoms with Crippen molar-refractivity contribution in [2.24, 2.45) is 0 Å². The van der Waals surface area contributed by atoms with Gasteiger partial charge in [0.05, 0.1) is 17.3 Å². The molecule has 0 bridgehead atoms. The Labute approximate surface area is 110 Å². The number of aromatic nitrogens is 3. The topological polar surface area (TPSA) is 66.0 Å². The van der Waals surface area contributed by atoms with Crippen LogP contribution in [0.3, 0.4) is 0 Å². The molecule has 5 heteroatoms. The monoisotopic (exact) mass is 249 g/mol. The van der Waals surface area contributed by atoms with Crippen molar-refractivity contribution in [3.05, 3.63) is 60.0 Å². The fraction of sp³-hybridized carbons (Fsp3) is 0.0714. The first-order chi connectivity index (χ1) is 9.36. The van der Waals surface area contributed by atoms with Gasteiger partial charge in [-0.3, -0.25) is 0 Å². The van der Waals surface area contributed by atoms with E-state index in [1.54, 1.807) is 18.3 Å². The van der Waals surface area contributed by atoms with E-state index >= 15 is 0 Å². The molecule has 1 N–H and O–H groups in total. The van der Waals surface area contributed by atoms with E-state index in [0.29, 0.717) is 12.1 Å². The summed E-state index contributed by atoms with van der Waals surface area (Å²) in [5.41, 5.74) is 2.73. The van der Waals surface area contributed by atoms with Gasteiger partial charge in [0.25, 0.3) is 0 Å². The molecule has 0 amide bonds. The molecule has 0 radical (unpaired) electrons. The summed E-state index contributed by atoms with van der Waals surface area (Å²) in [4.78, 5) is 4.17. The fourth-order valence-corrected chi connectivity index (χ4v) is 1.87. The van der Waals surface area contributed by atoms with Crippen molar-refractivity contribution in [3.8, 4) is 6.07 Å². The Bertz CT molecular complexity index is 736. The number of fused-ring (bicyclic) bond motifs is 1. The number of nitrogens with one attached hydrogen (secondary N) is 1. The van der Waals surface area contributed by atoms with Crippen LogP contribution in [0.2, 0.25) is 0 Å². The molecule has 0 saturated carbocycles. The molecular weight excluding hydrogens is 238 g/mol. The van der Waals surface area contributed by atoms with Gasteiger partial charge in [-0.15, -0.1) is 0 Å². The lowest BCUT2D eigenvalue weighted by Gasteiger charge is -2.04. The van der Waals surface area contributed by atoms with Crippen molar-refractivity contribution in [2.75, 3.05) is 5.32 Å². The van der Waals surface area contributed by atoms with Crippen molar-refractivity contribution in [2.45, 2.75) is 6.54 Å². The second-order valence-corrected chi connectivity index (χ2v) is 4.10. The second kappa shape index (κ2) is 4.78. The van der Waals surface area contributed by atoms with E-state index in [2.05, 4.69) is 15.4 Å². The summed E-state index contributed by atoms with van der Waals surface area (Å²) in [6, 6.07) is 11.5. The molecule has 5 nitrogen and oxygen atoms in total. The van der Waals surface area contributed by atoms with Gasteiger partial charge in [0.15, 0.2) is 0 Å². The first kappa shape index (κ1) is 11.2. The predicted molar refractivity (Wildman–Crippen MR) is 71.5 cm³/mol. The van der Waals surface area contributed by atoms with E-state index in [1.807, 2.05) is 41.2 Å². The third kappa shape index (κ3) is 2.24. The molecule has 0 spiro atoms. The SMILES string of the molecule is N#Cc1ccc(NCc2cnn3ccccc23)nc1. The largest absolute Gasteiger partial charge is 0.366 e. The van der Waals surface area contributed by atoms with Crippen LogP contribution in [0.1, 0.15) is 11.1 Å². The highest BCUT2D eigenvalue weighted by Crippen LogP contribution is 2.12. The summed E-state index contributed by atoms with van der Waals surface area (Å²) in [5, 5.41) is 16.2. The molecule has 19 heavy (non-hydrogen) atoms. The number of rotatable bonds is 3. The van der Waals surface area contributed by atoms with Crippen molar-refractivity contribution in [1.82, 2.24) is 14.6 Å². The van der Waals surface area contributed by atoms with Crippen LogP contribution >= 0.6 is 0 Å². The molecule has 0 unspecified atom stereocenters. The number of hydrogen-bond donors (Lipinski definition) is 1. The maximum absolute atomic E-state index is 8.71. The van der Waals surface area contributed by atoms with E-state index in [0.717, 1.165) is 16.9 Å². The Morgan fingerprint density at radius 2 is 2.16 bits per heavy atom. The molecule has 0 saturated heterocycles. The smallest absolute Gasteiger partial charge is 0.126 e. The van der Waals surface area contributed by atoms with Crippen LogP contribution in [-0.4, -0.2) is 14.6 Å². The molecule has 0 atom stereocenters. The predicted octanol–water partition coefficient (Wildman–Crippen LogP) is 2.21. The Morgan fingerprint density at radius 3 is 2.95 bits per heavy atom. The molecule has 92 valence electrons. The molecule has 0 fully saturated rings. The zero-order valence-corrected chi connectivity index (χ0v) is 10.1. The van der Waals surface area contributed by atoms with Gasteiger partial charge in [0.1, 0.15) is 11.9 Å². The second-order valence-electron chi connectivity index (χ2n) is 4.10. The maximum atomic E-state index is 8.71. The van der Waals surface area contributed by atoms with Gasteiger partial charge < -0.3 is 5.32 Å². The third-order valence-electron chi connectivity index (χ3n) is 2.86. The summed E-state index contributed by atoms with van der Waals surface area (Å²) in [7, 11) is 0. The number of nitrogens with zero attached hydrogens (tertiary/aromatic N) is 4. The van der Waals surface area contributed by atoms with Gasteiger partial charge in [-0.05, 0) is 24.3 Å². The third-order valence-corrected chi connectivity index (χ3v) is 2.86. The first-order valence-electron chi connectivity index (χ1n) is 5.88. The van der Waals surface area contributed by atoms with E-state index in [4.69, 9.17) is 5.26 Å². The van der Waals surface area contributed by atoms with Crippen LogP contribution in [0.4, 0.5) is 5.82 Å². The van der Waals surface area contributed by atoms with Crippen molar-refractivity contribution < 1.29 is 0 Å². The standard InChI is InChI=1S/C14H11N5/c15-7-11-4-5-14(16-8-11)17-9-12-10-18-19-6-2-1-3-13(12)19/h1-6,8,10H,9H2,(H,16,17). The normalized spacial score (nSPS) is 10.3. The molecular formula is C14H11N5. The zero-order chi connectivity index (χ0) is 13.1. The average molecular weight is 249 g/mol. The highest BCUT2D eigenvalue weighted by molar-refractivity contribution is 5.54. The molecule has 3 aromatic rings. The zero-order valence-electron chi connectivity index (χ0n) is 10.1. The van der Waals surface area contributed by atoms with E-state index in [1.165, 1.54) is 0 Å². The number of hydrogen-bond acceptors (Lipinski definition) is 4. The van der Waals surface area contributed by atoms with Crippen molar-refractivity contribution in [1.29, 1.82) is 5.26 Å². The summed E-state index contributed by atoms with van der Waals surface area (Å²) in [6.45, 7) is 0.645. The molecule has 0 aromatic carbocycles. The Kier molecular flexibility index (Phi) is 2.83. The van der Waals surface area contributed by atoms with Gasteiger partial charge >= 0.3 is 0 Å². The minimum absolute atomic E-state index is 0.557. The number of anilines is 1. The van der Waals surface area contributed by atoms with Crippen LogP contribution in [-0.2, 0) is 6.54 Å². The first-order valence-corrected chi connectivity index (χ1v) is 5.88. The lowest BCUT2D eigenvalue weighted by Crippen LogP contribution is -2.00. The van der Waals surface area contributed by atoms with E-state index < -0.39 is 0 Å². The maximum Gasteiger partial charge on any atom is 0.126 e. The summed E-state index contributed by atoms with van der Waals surface area (Å²) in [6.07, 6.45) is 5.31. The summed E-state index contributed by atoms with van der Waals surface area (Å²) < 4.78 is 1.84. The van der Waals surface area contributed by atoms with Crippen molar-refractivity contribution in [3.63, 3.8) is 0 Å². The van der Waals surface area contributed by atoms with Crippen LogP contribution in [0, 0.1) is 11.3 Å². The highest BCUT2D eigenvalue weighted by atomic mass is 15.2. The van der Waals surface area contributed by atoms with Crippen LogP contribution in [0.5, 0.6) is 0 Å². The van der Waals surface area contributed by atoms with Gasteiger partial charge in [-0.2, -0.15) is 10.4 Å². The molecule has 0 aliphatic heterocycles. The number of pyridine rings is 2. The molecule has 3 heterocycles. The summed E-state index contributed by atoms with van der Waals surface area (Å²) >= 11 is 0. The fourth-order valence-electron chi connectivity index (χ4n) is 1.87. The highest BCUT2D eigenvalue weighted by Gasteiger charge is 2.03. The lowest BCUT2D eigenvalue weighted by molar-refractivity contribution is 0.961. The van der Waals surface area contributed by atoms with Gasteiger partial charge in [-0.25, -0.2) is 9.50 Å². The Morgan fingerprint density at radius 1 is 1.21 bits per heavy atom. The van der Waals surface area contributed by atoms with Crippen LogP contribution in [0.25, 0.3) is 5.52 Å². The quantitative estimate of drug-likeness (QED) is 0.772. The Balaban J connectivity index is 1.77. The number of nitriles is 1. The summed E-state index contributed by atoms with van der Waals surface area (Å²) in [5.74, 6) is 0.745. The van der Waals surface area contributed by atoms with Gasteiger partial charge in [-0.1, -0.05) is 6.07 Å². The lowest BCUT2D eigenvalue weighted by atomic mass is 10.2. The molecule has 0 aliphatic carbocycles. The van der Waals surface area contributed by atoms with Crippen LogP contribution in [0.15, 0.2) is 48.9 Å². The van der Waals surface area contributed by atoms with Gasteiger partial charge in [0, 0.05) is 24.5 Å². The minimum Gasteiger partial charge on any atom is -0.366 e. The van der Waals surface area contributed by atoms with Gasteiger partial charge in [0.2, 0.25) is 0 Å². The molecule has 0 aliphatic rings. The average Bonchev–Trinajstić information content (AvgIpc) is 2.89. The van der Waals surface area contributed by atoms with E-state index in [9.17, 15) is 0 Å². The van der Waals surface area contributed by atoms with Crippen LogP contribution < -0.4 is 5.32 Å². The Hall–Kier alpha value is -2.87.